The van der Waals surface area contributed by atoms with E-state index >= 15 is 0 Å². The Labute approximate surface area is 171 Å². The van der Waals surface area contributed by atoms with Crippen LogP contribution in [0.5, 0.6) is 0 Å². The number of hydrogen-bond donors (Lipinski definition) is 3. The number of hydrogen-bond acceptors (Lipinski definition) is 4. The third kappa shape index (κ3) is 5.13. The summed E-state index contributed by atoms with van der Waals surface area (Å²) in [5.74, 6) is 0.212. The van der Waals surface area contributed by atoms with Gasteiger partial charge in [0.2, 0.25) is 10.9 Å². The van der Waals surface area contributed by atoms with Crippen LogP contribution in [-0.4, -0.2) is 55.5 Å². The zero-order valence-corrected chi connectivity index (χ0v) is 17.0. The van der Waals surface area contributed by atoms with Crippen LogP contribution in [0.3, 0.4) is 0 Å². The fraction of sp³-hybridized carbons (Fsp3) is 0.524. The number of carbonyl (C=O) groups excluding carboxylic acids is 1. The summed E-state index contributed by atoms with van der Waals surface area (Å²) < 4.78 is 5.28. The van der Waals surface area contributed by atoms with Crippen molar-refractivity contribution in [2.45, 2.75) is 37.1 Å². The fourth-order valence-electron chi connectivity index (χ4n) is 4.06. The summed E-state index contributed by atoms with van der Waals surface area (Å²) in [6, 6.07) is 8.23. The van der Waals surface area contributed by atoms with Gasteiger partial charge in [0.15, 0.2) is 11.6 Å². The third-order valence-corrected chi connectivity index (χ3v) is 6.12. The van der Waals surface area contributed by atoms with Gasteiger partial charge in [0.25, 0.3) is 0 Å². The van der Waals surface area contributed by atoms with Gasteiger partial charge in [0.05, 0.1) is 13.2 Å². The minimum Gasteiger partial charge on any atom is -0.378 e. The normalized spacial score (nSPS) is 25.6. The Morgan fingerprint density at radius 3 is 2.68 bits per heavy atom. The molecule has 1 saturated carbocycles. The number of nitrogens with two attached hydrogens (primary N) is 1. The van der Waals surface area contributed by atoms with Gasteiger partial charge in [0.1, 0.15) is 5.84 Å². The molecule has 4 N–H and O–H groups in total. The summed E-state index contributed by atoms with van der Waals surface area (Å²) in [5.41, 5.74) is 7.31. The Morgan fingerprint density at radius 2 is 2.04 bits per heavy atom. The number of amidine groups is 1. The van der Waals surface area contributed by atoms with Crippen LogP contribution in [0.15, 0.2) is 36.4 Å². The van der Waals surface area contributed by atoms with Crippen molar-refractivity contribution in [3.63, 3.8) is 0 Å². The van der Waals surface area contributed by atoms with E-state index in [1.54, 1.807) is 6.08 Å². The number of rotatable bonds is 5. The van der Waals surface area contributed by atoms with Gasteiger partial charge in [-0.1, -0.05) is 12.1 Å². The monoisotopic (exact) mass is 405 g/mol. The highest BCUT2D eigenvalue weighted by molar-refractivity contribution is 5.98. The van der Waals surface area contributed by atoms with E-state index in [1.165, 1.54) is 11.6 Å². The molecule has 0 atom stereocenters. The minimum atomic E-state index is -0.143. The lowest BCUT2D eigenvalue weighted by molar-refractivity contribution is -0.289. The number of morpholine rings is 1. The molecule has 1 amide bonds. The minimum absolute atomic E-state index is 0.0512. The van der Waals surface area contributed by atoms with Crippen molar-refractivity contribution >= 4 is 11.7 Å². The maximum absolute atomic E-state index is 12.3. The first-order valence-electron chi connectivity index (χ1n) is 9.90. The number of nitrogens with zero attached hydrogens (tertiary/aromatic N) is 1. The first-order chi connectivity index (χ1) is 13.5. The summed E-state index contributed by atoms with van der Waals surface area (Å²) in [6.07, 6.45) is 6.67. The van der Waals surface area contributed by atoms with E-state index in [0.29, 0.717) is 38.7 Å². The lowest BCUT2D eigenvalue weighted by Crippen LogP contribution is -2.45. The maximum Gasteiger partial charge on any atom is 0.244 e. The van der Waals surface area contributed by atoms with Crippen LogP contribution in [0.1, 0.15) is 31.2 Å². The van der Waals surface area contributed by atoms with Crippen LogP contribution in [0.25, 0.3) is 0 Å². The number of benzene rings is 1. The Hall–Kier alpha value is -1.89. The molecule has 0 spiro atoms. The summed E-state index contributed by atoms with van der Waals surface area (Å²) in [5, 5.41) is 12.0. The van der Waals surface area contributed by atoms with Crippen molar-refractivity contribution in [2.24, 2.45) is 5.73 Å². The molecule has 3 rings (SSSR count). The van der Waals surface area contributed by atoms with Crippen molar-refractivity contribution in [3.05, 3.63) is 47.0 Å². The van der Waals surface area contributed by atoms with Crippen molar-refractivity contribution in [1.29, 1.82) is 5.41 Å². The molecule has 1 saturated heterocycles. The molecule has 0 bridgehead atoms. The lowest BCUT2D eigenvalue weighted by Gasteiger charge is -2.40. The van der Waals surface area contributed by atoms with E-state index < -0.39 is 0 Å². The van der Waals surface area contributed by atoms with Gasteiger partial charge < -0.3 is 20.7 Å². The summed E-state index contributed by atoms with van der Waals surface area (Å²) in [7, 11) is 0. The summed E-state index contributed by atoms with van der Waals surface area (Å²) >= 11 is 5.31. The molecule has 0 aromatic heterocycles. The molecule has 28 heavy (non-hydrogen) atoms. The maximum atomic E-state index is 12.3. The number of carbonyl (C=O) groups is 1. The molecule has 1 aliphatic heterocycles. The predicted molar refractivity (Wildman–Crippen MR) is 107 cm³/mol. The van der Waals surface area contributed by atoms with Crippen LogP contribution in [0.2, 0.25) is 5.02 Å². The molecule has 1 aliphatic carbocycles. The van der Waals surface area contributed by atoms with Gasteiger partial charge in [-0.25, -0.2) is 0 Å². The first-order valence-corrected chi connectivity index (χ1v) is 10.3. The summed E-state index contributed by atoms with van der Waals surface area (Å²) in [4.78, 5) is 14.2. The molecule has 2 aliphatic rings. The average molecular weight is 406 g/mol. The zero-order valence-electron chi connectivity index (χ0n) is 16.2. The largest absolute Gasteiger partial charge is 0.378 e. The van der Waals surface area contributed by atoms with E-state index in [1.807, 2.05) is 17.0 Å². The van der Waals surface area contributed by atoms with Gasteiger partial charge in [-0.15, -0.1) is 0 Å². The van der Waals surface area contributed by atoms with Crippen LogP contribution < -0.4 is 11.1 Å². The molecule has 1 heterocycles. The molecule has 7 heteroatoms. The molecule has 6 nitrogen and oxygen atoms in total. The Balaban J connectivity index is 1.51. The van der Waals surface area contributed by atoms with Gasteiger partial charge in [-0.05, 0) is 37.3 Å². The van der Waals surface area contributed by atoms with Gasteiger partial charge in [-0.3, -0.25) is 10.2 Å². The number of halogens is 1. The highest BCUT2D eigenvalue weighted by Gasteiger charge is 2.36. The van der Waals surface area contributed by atoms with E-state index in [2.05, 4.69) is 17.4 Å². The standard InChI is InChI=1S/C21H29ClN4O2/c22-17-3-1-2-16(14-17)21(15-23)8-6-18(7-9-21)25-20(27)5-4-19(24)26-10-12-28-13-11-26/h1-5,14,18,22,24H,6-13,15,23H2/p+1/b5-4-,24-19?. The number of ether oxygens (including phenoxy) is 1. The highest BCUT2D eigenvalue weighted by Crippen LogP contribution is 2.39. The van der Waals surface area contributed by atoms with Gasteiger partial charge >= 0.3 is 0 Å². The molecule has 0 unspecified atom stereocenters. The second-order valence-electron chi connectivity index (χ2n) is 7.61. The smallest absolute Gasteiger partial charge is 0.244 e. The summed E-state index contributed by atoms with van der Waals surface area (Å²) in [6.45, 7) is 3.23. The quantitative estimate of drug-likeness (QED) is 0.393. The molecule has 0 radical (unpaired) electrons. The highest BCUT2D eigenvalue weighted by atomic mass is 35.5. The second kappa shape index (κ2) is 9.54. The first kappa shape index (κ1) is 20.8. The molecule has 152 valence electrons. The number of nitrogens with one attached hydrogen (secondary N) is 2. The lowest BCUT2D eigenvalue weighted by atomic mass is 9.68. The SMILES string of the molecule is N=C(/C=C\C(=O)NC1CCC(CN)(c2cccc([ClH+])c2)CC1)N1CCOCC1. The van der Waals surface area contributed by atoms with Crippen LogP contribution in [0, 0.1) is 17.0 Å². The van der Waals surface area contributed by atoms with Crippen LogP contribution in [-0.2, 0) is 14.9 Å². The third-order valence-electron chi connectivity index (χ3n) is 5.87. The average Bonchev–Trinajstić information content (AvgIpc) is 2.73. The van der Waals surface area contributed by atoms with E-state index in [4.69, 9.17) is 27.5 Å². The molecule has 1 aromatic carbocycles. The zero-order chi connectivity index (χ0) is 20.0. The fourth-order valence-corrected chi connectivity index (χ4v) is 4.27. The van der Waals surface area contributed by atoms with Gasteiger partial charge in [0, 0.05) is 49.3 Å². The molecule has 1 aromatic rings. The Bertz CT molecular complexity index is 723. The van der Waals surface area contributed by atoms with Gasteiger partial charge in [-0.2, -0.15) is 0 Å². The van der Waals surface area contributed by atoms with E-state index in [0.717, 1.165) is 30.7 Å². The van der Waals surface area contributed by atoms with E-state index in [9.17, 15) is 4.79 Å². The molecule has 2 fully saturated rings. The van der Waals surface area contributed by atoms with Crippen LogP contribution in [0.4, 0.5) is 0 Å². The van der Waals surface area contributed by atoms with Crippen molar-refractivity contribution < 1.29 is 21.1 Å². The van der Waals surface area contributed by atoms with Crippen LogP contribution >= 0.6 is 0 Å². The van der Waals surface area contributed by atoms with Crippen molar-refractivity contribution in [1.82, 2.24) is 10.2 Å². The predicted octanol–water partition coefficient (Wildman–Crippen LogP) is 1.50. The number of amides is 1. The topological polar surface area (TPSA) is 91.4 Å². The van der Waals surface area contributed by atoms with Crippen molar-refractivity contribution in [2.75, 3.05) is 32.8 Å². The second-order valence-corrected chi connectivity index (χ2v) is 8.08. The Morgan fingerprint density at radius 1 is 1.32 bits per heavy atom. The molecular weight excluding hydrogens is 376 g/mol. The Kier molecular flexibility index (Phi) is 7.10. The molecular formula is C21H30ClN4O2+. The van der Waals surface area contributed by atoms with E-state index in [-0.39, 0.29) is 17.4 Å². The van der Waals surface area contributed by atoms with Crippen molar-refractivity contribution in [3.8, 4) is 0 Å².